The van der Waals surface area contributed by atoms with E-state index in [0.717, 1.165) is 24.7 Å². The molecule has 0 saturated heterocycles. The number of allylic oxidation sites excluding steroid dienone is 2. The van der Waals surface area contributed by atoms with Gasteiger partial charge >= 0.3 is 73.4 Å². The van der Waals surface area contributed by atoms with Crippen LogP contribution in [-0.4, -0.2) is 24.7 Å². The van der Waals surface area contributed by atoms with E-state index in [1.54, 1.807) is 0 Å². The summed E-state index contributed by atoms with van der Waals surface area (Å²) in [5, 5.41) is 0. The van der Waals surface area contributed by atoms with Crippen molar-refractivity contribution in [3.8, 4) is 0 Å². The molecular weight excluding hydrogens is 419 g/mol. The summed E-state index contributed by atoms with van der Waals surface area (Å²) in [6.07, 6.45) is 3.37. The average Bonchev–Trinajstić information content (AvgIpc) is 1.41. The van der Waals surface area contributed by atoms with Gasteiger partial charge in [0, 0.05) is 0 Å². The molecule has 0 rings (SSSR count). The minimum Gasteiger partial charge on any atom is -1.00 e. The van der Waals surface area contributed by atoms with Crippen molar-refractivity contribution in [2.24, 2.45) is 0 Å². The molecule has 0 bridgehead atoms. The first-order valence-corrected chi connectivity index (χ1v) is 3.53. The Morgan fingerprint density at radius 1 is 1.25 bits per heavy atom. The molecule has 4 heteroatoms. The summed E-state index contributed by atoms with van der Waals surface area (Å²) < 4.78 is 2.01. The zero-order chi connectivity index (χ0) is 4.12. The quantitative estimate of drug-likeness (QED) is 0.224. The van der Waals surface area contributed by atoms with Crippen molar-refractivity contribution in [2.45, 2.75) is 0 Å². The van der Waals surface area contributed by atoms with Crippen LogP contribution in [0.2, 0.25) is 0 Å². The van der Waals surface area contributed by atoms with Gasteiger partial charge in [-0.05, 0) is 0 Å². The maximum absolute atomic E-state index is 4.95. The first kappa shape index (κ1) is 22.6. The van der Waals surface area contributed by atoms with Crippen LogP contribution in [0.15, 0.2) is 15.9 Å². The maximum atomic E-state index is 4.95. The molecular formula is C4H5BiCl2Zr. The second-order valence-corrected chi connectivity index (χ2v) is 1.85. The molecule has 44 valence electrons. The van der Waals surface area contributed by atoms with Gasteiger partial charge < -0.3 is 24.8 Å². The first-order valence-electron chi connectivity index (χ1n) is 1.29. The molecule has 0 aliphatic carbocycles. The second kappa shape index (κ2) is 23.2. The molecule has 0 amide bonds. The van der Waals surface area contributed by atoms with Crippen LogP contribution in [0.4, 0.5) is 0 Å². The van der Waals surface area contributed by atoms with Gasteiger partial charge in [-0.3, -0.25) is 0 Å². The van der Waals surface area contributed by atoms with Gasteiger partial charge in [-0.2, -0.15) is 0 Å². The van der Waals surface area contributed by atoms with Crippen LogP contribution in [0.25, 0.3) is 0 Å². The fraction of sp³-hybridized carbons (Fsp3) is 0. The van der Waals surface area contributed by atoms with Gasteiger partial charge in [0.15, 0.2) is 0 Å². The Balaban J connectivity index is -0.0000000267. The van der Waals surface area contributed by atoms with Crippen molar-refractivity contribution in [1.29, 1.82) is 0 Å². The molecule has 0 aromatic carbocycles. The van der Waals surface area contributed by atoms with Crippen LogP contribution in [0, 0.1) is 6.58 Å². The van der Waals surface area contributed by atoms with Crippen LogP contribution >= 0.6 is 0 Å². The predicted octanol–water partition coefficient (Wildman–Crippen LogP) is -5.60. The molecule has 0 aromatic rings. The fourth-order valence-electron chi connectivity index (χ4n) is 0.0556. The molecule has 0 heterocycles. The number of rotatable bonds is 1. The third kappa shape index (κ3) is 24.9. The van der Waals surface area contributed by atoms with Crippen molar-refractivity contribution in [3.63, 3.8) is 0 Å². The van der Waals surface area contributed by atoms with Crippen LogP contribution in [-0.2, 0) is 26.2 Å². The van der Waals surface area contributed by atoms with Crippen LogP contribution in [0.5, 0.6) is 0 Å². The number of hydrogen-bond donors (Lipinski definition) is 0. The van der Waals surface area contributed by atoms with Crippen molar-refractivity contribution in [1.82, 2.24) is 0 Å². The zero-order valence-electron chi connectivity index (χ0n) is 4.07. The van der Waals surface area contributed by atoms with Crippen LogP contribution in [0.1, 0.15) is 0 Å². The van der Waals surface area contributed by atoms with Gasteiger partial charge in [0.2, 0.25) is 0 Å². The standard InChI is InChI=1S/C4H4.Bi.2ClH.Zr.H/c1-3-4-2;;;;;/h1-4H;;2*1H;;/q-1;;;;+3;/p-2. The molecule has 0 fully saturated rings. The summed E-state index contributed by atoms with van der Waals surface area (Å²) in [4.78, 5) is 0. The second-order valence-electron chi connectivity index (χ2n) is 0.552. The SMILES string of the molecule is [CH-]=CC=[CH][BiH].[Cl-].[Cl-].[Zr+3]. The minimum atomic E-state index is 0. The Hall–Kier alpha value is 1.83. The van der Waals surface area contributed by atoms with Gasteiger partial charge in [-0.15, -0.1) is 0 Å². The Morgan fingerprint density at radius 3 is 1.62 bits per heavy atom. The molecule has 0 unspecified atom stereocenters. The summed E-state index contributed by atoms with van der Waals surface area (Å²) in [6.45, 7) is 4.95. The molecule has 0 atom stereocenters. The smallest absolute Gasteiger partial charge is 1.00 e. The van der Waals surface area contributed by atoms with Gasteiger partial charge in [-0.1, -0.05) is 0 Å². The number of hydrogen-bond acceptors (Lipinski definition) is 0. The molecule has 0 spiro atoms. The third-order valence-electron chi connectivity index (χ3n) is 0.207. The normalized spacial score (nSPS) is 5.62. The monoisotopic (exact) mass is 422 g/mol. The Kier molecular flexibility index (Phi) is 65.4. The zero-order valence-corrected chi connectivity index (χ0v) is 11.9. The Labute approximate surface area is 97.0 Å². The molecule has 0 nitrogen and oxygen atoms in total. The van der Waals surface area contributed by atoms with Gasteiger partial charge in [0.05, 0.1) is 0 Å². The van der Waals surface area contributed by atoms with Crippen molar-refractivity contribution >= 4 is 24.7 Å². The molecule has 0 N–H and O–H groups in total. The van der Waals surface area contributed by atoms with E-state index in [1.807, 2.05) is 9.86 Å². The molecule has 8 heavy (non-hydrogen) atoms. The van der Waals surface area contributed by atoms with Crippen molar-refractivity contribution in [3.05, 3.63) is 22.5 Å². The molecule has 0 aliphatic heterocycles. The van der Waals surface area contributed by atoms with E-state index in [-0.39, 0.29) is 51.0 Å². The summed E-state index contributed by atoms with van der Waals surface area (Å²) in [7, 11) is 0. The van der Waals surface area contributed by atoms with Gasteiger partial charge in [0.1, 0.15) is 0 Å². The van der Waals surface area contributed by atoms with E-state index in [1.165, 1.54) is 6.08 Å². The predicted molar refractivity (Wildman–Crippen MR) is 25.2 cm³/mol. The van der Waals surface area contributed by atoms with Gasteiger partial charge in [-0.25, -0.2) is 0 Å². The summed E-state index contributed by atoms with van der Waals surface area (Å²) in [5.41, 5.74) is 0. The Morgan fingerprint density at radius 2 is 1.62 bits per heavy atom. The maximum Gasteiger partial charge on any atom is 3.00 e. The van der Waals surface area contributed by atoms with E-state index >= 15 is 0 Å². The molecule has 0 saturated carbocycles. The van der Waals surface area contributed by atoms with Gasteiger partial charge in [0.25, 0.3) is 0 Å². The van der Waals surface area contributed by atoms with E-state index < -0.39 is 0 Å². The van der Waals surface area contributed by atoms with Crippen LogP contribution < -0.4 is 24.8 Å². The van der Waals surface area contributed by atoms with Crippen LogP contribution in [0.3, 0.4) is 0 Å². The Bertz CT molecular complexity index is 56.0. The molecule has 2 radical (unpaired) electrons. The third-order valence-corrected chi connectivity index (χ3v) is 0.955. The summed E-state index contributed by atoms with van der Waals surface area (Å²) >= 11 is 1.11. The number of halogens is 2. The van der Waals surface area contributed by atoms with E-state index in [4.69, 9.17) is 6.58 Å². The van der Waals surface area contributed by atoms with Crippen molar-refractivity contribution in [2.75, 3.05) is 0 Å². The molecule has 0 aliphatic rings. The largest absolute Gasteiger partial charge is 3.00 e. The fourth-order valence-corrected chi connectivity index (χ4v) is 0.487. The minimum absolute atomic E-state index is 0. The van der Waals surface area contributed by atoms with E-state index in [9.17, 15) is 0 Å². The van der Waals surface area contributed by atoms with Crippen molar-refractivity contribution < 1.29 is 51.0 Å². The first-order chi connectivity index (χ1) is 2.41. The van der Waals surface area contributed by atoms with E-state index in [2.05, 4.69) is 0 Å². The molecule has 0 aromatic heterocycles. The average molecular weight is 424 g/mol. The topological polar surface area (TPSA) is 0 Å². The van der Waals surface area contributed by atoms with E-state index in [0.29, 0.717) is 0 Å². The summed E-state index contributed by atoms with van der Waals surface area (Å²) in [5.74, 6) is 0. The summed E-state index contributed by atoms with van der Waals surface area (Å²) in [6, 6.07) is 0.